The largest absolute Gasteiger partial charge is 0.481 e. The molecule has 1 aliphatic carbocycles. The molecule has 35 heavy (non-hydrogen) atoms. The van der Waals surface area contributed by atoms with Crippen LogP contribution in [0.15, 0.2) is 48.5 Å². The third-order valence-electron chi connectivity index (χ3n) is 6.80. The first-order valence-corrected chi connectivity index (χ1v) is 12.5. The Balaban J connectivity index is 1.64. The first kappa shape index (κ1) is 26.3. The molecule has 3 unspecified atom stereocenters. The van der Waals surface area contributed by atoms with Crippen molar-refractivity contribution in [2.24, 2.45) is 11.8 Å². The van der Waals surface area contributed by atoms with E-state index in [2.05, 4.69) is 34.9 Å². The maximum atomic E-state index is 12.9. The highest BCUT2D eigenvalue weighted by Crippen LogP contribution is 2.44. The van der Waals surface area contributed by atoms with Crippen molar-refractivity contribution < 1.29 is 24.2 Å². The molecule has 7 nitrogen and oxygen atoms in total. The number of carbonyl (C=O) groups excluding carboxylic acids is 2. The number of amides is 2. The van der Waals surface area contributed by atoms with Crippen molar-refractivity contribution in [3.63, 3.8) is 0 Å². The lowest BCUT2D eigenvalue weighted by atomic mass is 9.98. The summed E-state index contributed by atoms with van der Waals surface area (Å²) in [5, 5.41) is 14.8. The maximum Gasteiger partial charge on any atom is 0.407 e. The summed E-state index contributed by atoms with van der Waals surface area (Å²) >= 11 is 0. The van der Waals surface area contributed by atoms with Gasteiger partial charge in [0.2, 0.25) is 5.91 Å². The zero-order chi connectivity index (χ0) is 25.4. The first-order chi connectivity index (χ1) is 16.8. The molecule has 0 aromatic heterocycles. The Labute approximate surface area is 207 Å². The van der Waals surface area contributed by atoms with E-state index in [-0.39, 0.29) is 30.9 Å². The monoisotopic (exact) mass is 480 g/mol. The molecule has 0 heterocycles. The number of aliphatic carboxylic acids is 1. The summed E-state index contributed by atoms with van der Waals surface area (Å²) in [6.07, 6.45) is 1.83. The summed E-state index contributed by atoms with van der Waals surface area (Å²) in [6, 6.07) is 15.4. The molecule has 7 heteroatoms. The predicted molar refractivity (Wildman–Crippen MR) is 135 cm³/mol. The minimum atomic E-state index is -0.935. The smallest absolute Gasteiger partial charge is 0.407 e. The molecule has 2 amide bonds. The van der Waals surface area contributed by atoms with Gasteiger partial charge >= 0.3 is 12.1 Å². The third-order valence-corrected chi connectivity index (χ3v) is 6.80. The van der Waals surface area contributed by atoms with Crippen LogP contribution in [0.2, 0.25) is 0 Å². The van der Waals surface area contributed by atoms with Crippen LogP contribution in [-0.2, 0) is 14.3 Å². The molecule has 3 rings (SSSR count). The lowest BCUT2D eigenvalue weighted by molar-refractivity contribution is -0.142. The maximum absolute atomic E-state index is 12.9. The Bertz CT molecular complexity index is 992. The van der Waals surface area contributed by atoms with E-state index in [1.807, 2.05) is 45.0 Å². The fourth-order valence-electron chi connectivity index (χ4n) is 4.59. The van der Waals surface area contributed by atoms with Crippen molar-refractivity contribution in [1.82, 2.24) is 10.6 Å². The van der Waals surface area contributed by atoms with Crippen molar-refractivity contribution in [3.8, 4) is 11.1 Å². The van der Waals surface area contributed by atoms with Gasteiger partial charge in [-0.25, -0.2) is 4.79 Å². The van der Waals surface area contributed by atoms with Gasteiger partial charge in [0.15, 0.2) is 0 Å². The van der Waals surface area contributed by atoms with Gasteiger partial charge in [-0.05, 0) is 41.0 Å². The van der Waals surface area contributed by atoms with Crippen LogP contribution in [0.25, 0.3) is 11.1 Å². The Kier molecular flexibility index (Phi) is 9.29. The van der Waals surface area contributed by atoms with Crippen molar-refractivity contribution in [2.75, 3.05) is 13.2 Å². The molecular formula is C28H36N2O5. The van der Waals surface area contributed by atoms with Crippen LogP contribution < -0.4 is 10.6 Å². The van der Waals surface area contributed by atoms with Gasteiger partial charge in [0.1, 0.15) is 12.6 Å². The van der Waals surface area contributed by atoms with Crippen LogP contribution in [-0.4, -0.2) is 42.3 Å². The number of carboxylic acid groups (broad SMARTS) is 1. The topological polar surface area (TPSA) is 105 Å². The van der Waals surface area contributed by atoms with Crippen molar-refractivity contribution in [3.05, 3.63) is 59.7 Å². The van der Waals surface area contributed by atoms with E-state index in [0.717, 1.165) is 28.7 Å². The molecule has 1 aliphatic rings. The van der Waals surface area contributed by atoms with Gasteiger partial charge in [0, 0.05) is 12.5 Å². The van der Waals surface area contributed by atoms with Crippen LogP contribution in [0, 0.1) is 11.8 Å². The minimum Gasteiger partial charge on any atom is -0.481 e. The number of carbonyl (C=O) groups is 3. The first-order valence-electron chi connectivity index (χ1n) is 12.5. The quantitative estimate of drug-likeness (QED) is 0.399. The molecule has 0 aliphatic heterocycles. The minimum absolute atomic E-state index is 0.0331. The molecule has 0 spiro atoms. The standard InChI is InChI=1S/C28H36N2O5/c1-4-10-19(27(32)33)16-29-26(31)25(15-18(3)5-2)30-28(34)35-17-24-22-13-8-6-11-20(22)21-12-7-9-14-23(21)24/h6-9,11-14,18-19,24-25H,4-5,10,15-17H2,1-3H3,(H,29,31)(H,30,34)(H,32,33). The number of fused-ring (bicyclic) bond motifs is 3. The molecule has 0 saturated carbocycles. The van der Waals surface area contributed by atoms with Crippen LogP contribution >= 0.6 is 0 Å². The fraction of sp³-hybridized carbons (Fsp3) is 0.464. The molecule has 0 fully saturated rings. The Morgan fingerprint density at radius 1 is 1.00 bits per heavy atom. The van der Waals surface area contributed by atoms with Crippen molar-refractivity contribution in [1.29, 1.82) is 0 Å². The Morgan fingerprint density at radius 3 is 2.14 bits per heavy atom. The van der Waals surface area contributed by atoms with E-state index < -0.39 is 24.0 Å². The number of benzene rings is 2. The van der Waals surface area contributed by atoms with Gasteiger partial charge in [0.05, 0.1) is 5.92 Å². The van der Waals surface area contributed by atoms with E-state index >= 15 is 0 Å². The lowest BCUT2D eigenvalue weighted by Crippen LogP contribution is -2.49. The molecule has 0 radical (unpaired) electrons. The van der Waals surface area contributed by atoms with E-state index in [9.17, 15) is 19.5 Å². The third kappa shape index (κ3) is 6.62. The Hall–Kier alpha value is -3.35. The molecule has 3 N–H and O–H groups in total. The molecular weight excluding hydrogens is 444 g/mol. The number of alkyl carbamates (subject to hydrolysis) is 1. The zero-order valence-electron chi connectivity index (χ0n) is 20.8. The predicted octanol–water partition coefficient (Wildman–Crippen LogP) is 4.95. The van der Waals surface area contributed by atoms with E-state index in [0.29, 0.717) is 19.3 Å². The summed E-state index contributed by atoms with van der Waals surface area (Å²) < 4.78 is 5.61. The van der Waals surface area contributed by atoms with E-state index in [1.54, 1.807) is 0 Å². The molecule has 2 aromatic rings. The van der Waals surface area contributed by atoms with E-state index in [4.69, 9.17) is 4.74 Å². The van der Waals surface area contributed by atoms with Gasteiger partial charge in [-0.15, -0.1) is 0 Å². The molecule has 188 valence electrons. The number of hydrogen-bond acceptors (Lipinski definition) is 4. The number of hydrogen-bond donors (Lipinski definition) is 3. The van der Waals surface area contributed by atoms with Gasteiger partial charge in [-0.2, -0.15) is 0 Å². The zero-order valence-corrected chi connectivity index (χ0v) is 20.8. The second kappa shape index (κ2) is 12.4. The Morgan fingerprint density at radius 2 is 1.60 bits per heavy atom. The van der Waals surface area contributed by atoms with Crippen LogP contribution in [0.4, 0.5) is 4.79 Å². The molecule has 0 saturated heterocycles. The van der Waals surface area contributed by atoms with Gasteiger partial charge in [-0.1, -0.05) is 82.1 Å². The van der Waals surface area contributed by atoms with Crippen LogP contribution in [0.3, 0.4) is 0 Å². The van der Waals surface area contributed by atoms with Crippen molar-refractivity contribution >= 4 is 18.0 Å². The number of rotatable bonds is 12. The van der Waals surface area contributed by atoms with E-state index in [1.165, 1.54) is 0 Å². The molecule has 0 bridgehead atoms. The molecule has 3 atom stereocenters. The average Bonchev–Trinajstić information content (AvgIpc) is 3.18. The SMILES string of the molecule is CCCC(CNC(=O)C(CC(C)CC)NC(=O)OCC1c2ccccc2-c2ccccc21)C(=O)O. The highest BCUT2D eigenvalue weighted by molar-refractivity contribution is 5.86. The van der Waals surface area contributed by atoms with Crippen LogP contribution in [0.5, 0.6) is 0 Å². The van der Waals surface area contributed by atoms with Crippen molar-refractivity contribution in [2.45, 2.75) is 58.4 Å². The summed E-state index contributed by atoms with van der Waals surface area (Å²) in [5.41, 5.74) is 4.52. The highest BCUT2D eigenvalue weighted by atomic mass is 16.5. The van der Waals surface area contributed by atoms with Gasteiger partial charge in [-0.3, -0.25) is 9.59 Å². The number of nitrogens with one attached hydrogen (secondary N) is 2. The van der Waals surface area contributed by atoms with Crippen LogP contribution in [0.1, 0.15) is 63.5 Å². The summed E-state index contributed by atoms with van der Waals surface area (Å²) in [5.74, 6) is -1.84. The second-order valence-corrected chi connectivity index (χ2v) is 9.34. The number of ether oxygens (including phenoxy) is 1. The lowest BCUT2D eigenvalue weighted by Gasteiger charge is -2.22. The average molecular weight is 481 g/mol. The second-order valence-electron chi connectivity index (χ2n) is 9.34. The highest BCUT2D eigenvalue weighted by Gasteiger charge is 2.30. The summed E-state index contributed by atoms with van der Waals surface area (Å²) in [7, 11) is 0. The van der Waals surface area contributed by atoms with Gasteiger partial charge < -0.3 is 20.5 Å². The van der Waals surface area contributed by atoms with Gasteiger partial charge in [0.25, 0.3) is 0 Å². The number of carboxylic acids is 1. The summed E-state index contributed by atoms with van der Waals surface area (Å²) in [6.45, 7) is 6.13. The normalized spacial score (nSPS) is 14.8. The molecule has 2 aromatic carbocycles. The fourth-order valence-corrected chi connectivity index (χ4v) is 4.59. The summed E-state index contributed by atoms with van der Waals surface area (Å²) in [4.78, 5) is 37.0.